The number of carbonyl (C=O) groups is 2. The Labute approximate surface area is 166 Å². The molecule has 10 heteroatoms. The first-order chi connectivity index (χ1) is 13.8. The molecule has 0 saturated carbocycles. The van der Waals surface area contributed by atoms with Crippen molar-refractivity contribution in [1.82, 2.24) is 5.43 Å². The molecule has 2 aromatic rings. The van der Waals surface area contributed by atoms with Gasteiger partial charge in [-0.2, -0.15) is 5.10 Å². The molecule has 152 valence electrons. The zero-order valence-corrected chi connectivity index (χ0v) is 16.1. The van der Waals surface area contributed by atoms with E-state index in [9.17, 15) is 19.7 Å². The highest BCUT2D eigenvalue weighted by Gasteiger charge is 2.25. The molecule has 2 N–H and O–H groups in total. The van der Waals surface area contributed by atoms with Gasteiger partial charge in [0.15, 0.2) is 5.75 Å². The van der Waals surface area contributed by atoms with Gasteiger partial charge in [0.1, 0.15) is 0 Å². The zero-order valence-electron chi connectivity index (χ0n) is 16.1. The first-order valence-electron chi connectivity index (χ1n) is 8.48. The lowest BCUT2D eigenvalue weighted by atomic mass is 10.1. The van der Waals surface area contributed by atoms with Gasteiger partial charge >= 0.3 is 11.7 Å². The number of anilines is 1. The van der Waals surface area contributed by atoms with Crippen LogP contribution in [0, 0.1) is 17.0 Å². The lowest BCUT2D eigenvalue weighted by molar-refractivity contribution is -0.385. The van der Waals surface area contributed by atoms with Gasteiger partial charge in [-0.25, -0.2) is 5.43 Å². The molecular weight excluding hydrogens is 380 g/mol. The summed E-state index contributed by atoms with van der Waals surface area (Å²) in [6.45, 7) is 3.09. The van der Waals surface area contributed by atoms with Crippen LogP contribution in [0.15, 0.2) is 41.5 Å². The molecule has 0 saturated heterocycles. The molecule has 0 aliphatic rings. The summed E-state index contributed by atoms with van der Waals surface area (Å²) in [5.74, 6) is -1.39. The Morgan fingerprint density at radius 2 is 1.90 bits per heavy atom. The average molecular weight is 400 g/mol. The number of nitro groups is 1. The Balaban J connectivity index is 2.08. The van der Waals surface area contributed by atoms with Crippen LogP contribution in [0.1, 0.15) is 18.1 Å². The van der Waals surface area contributed by atoms with Gasteiger partial charge in [-0.1, -0.05) is 17.7 Å². The molecule has 0 spiro atoms. The van der Waals surface area contributed by atoms with E-state index in [0.717, 1.165) is 17.5 Å². The van der Waals surface area contributed by atoms with E-state index in [-0.39, 0.29) is 23.6 Å². The van der Waals surface area contributed by atoms with Crippen LogP contribution in [-0.4, -0.2) is 36.7 Å². The molecule has 0 fully saturated rings. The molecule has 29 heavy (non-hydrogen) atoms. The molecular formula is C19H20N4O6. The summed E-state index contributed by atoms with van der Waals surface area (Å²) < 4.78 is 9.94. The summed E-state index contributed by atoms with van der Waals surface area (Å²) in [5, 5.41) is 18.1. The van der Waals surface area contributed by atoms with Crippen LogP contribution in [0.2, 0.25) is 0 Å². The number of methoxy groups -OCH3 is 1. The fourth-order valence-electron chi connectivity index (χ4n) is 2.36. The van der Waals surface area contributed by atoms with Gasteiger partial charge in [-0.05, 0) is 31.2 Å². The standard InChI is InChI=1S/C19H20N4O6/c1-12-4-7-15(8-5-12)20-11-17(25)22-21-10-14-6-9-16(29-13(2)24)19(28-3)18(14)23(26)27/h4-10,20H,11H2,1-3H3,(H,22,25). The van der Waals surface area contributed by atoms with E-state index in [4.69, 9.17) is 9.47 Å². The summed E-state index contributed by atoms with van der Waals surface area (Å²) in [4.78, 5) is 33.8. The van der Waals surface area contributed by atoms with Crippen LogP contribution in [0.25, 0.3) is 0 Å². The first kappa shape index (κ1) is 21.4. The molecule has 0 atom stereocenters. The molecule has 0 bridgehead atoms. The predicted octanol–water partition coefficient (Wildman–Crippen LogP) is 2.40. The fraction of sp³-hybridized carbons (Fsp3) is 0.211. The molecule has 1 amide bonds. The van der Waals surface area contributed by atoms with Crippen molar-refractivity contribution >= 4 is 29.5 Å². The van der Waals surface area contributed by atoms with Gasteiger partial charge in [0, 0.05) is 12.6 Å². The fourth-order valence-corrected chi connectivity index (χ4v) is 2.36. The third kappa shape index (κ3) is 6.03. The summed E-state index contributed by atoms with van der Waals surface area (Å²) in [7, 11) is 1.22. The number of amides is 1. The molecule has 0 radical (unpaired) electrons. The molecule has 0 heterocycles. The number of rotatable bonds is 8. The monoisotopic (exact) mass is 400 g/mol. The van der Waals surface area contributed by atoms with E-state index in [1.807, 2.05) is 31.2 Å². The minimum absolute atomic E-state index is 0.0306. The number of hydrogen-bond donors (Lipinski definition) is 2. The third-order valence-corrected chi connectivity index (χ3v) is 3.66. The lowest BCUT2D eigenvalue weighted by Gasteiger charge is -2.09. The van der Waals surface area contributed by atoms with Crippen LogP contribution in [0.4, 0.5) is 11.4 Å². The van der Waals surface area contributed by atoms with E-state index in [1.54, 1.807) is 0 Å². The van der Waals surface area contributed by atoms with Crippen LogP contribution >= 0.6 is 0 Å². The molecule has 0 unspecified atom stereocenters. The number of nitrogens with zero attached hydrogens (tertiary/aromatic N) is 2. The van der Waals surface area contributed by atoms with Crippen molar-refractivity contribution < 1.29 is 24.0 Å². The summed E-state index contributed by atoms with van der Waals surface area (Å²) in [5.41, 5.74) is 3.78. The van der Waals surface area contributed by atoms with E-state index in [0.29, 0.717) is 0 Å². The second-order valence-corrected chi connectivity index (χ2v) is 5.90. The predicted molar refractivity (Wildman–Crippen MR) is 106 cm³/mol. The van der Waals surface area contributed by atoms with Gasteiger partial charge in [0.05, 0.1) is 30.4 Å². The van der Waals surface area contributed by atoms with Gasteiger partial charge in [-0.3, -0.25) is 19.7 Å². The second-order valence-electron chi connectivity index (χ2n) is 5.90. The molecule has 0 aliphatic carbocycles. The Morgan fingerprint density at radius 3 is 2.48 bits per heavy atom. The van der Waals surface area contributed by atoms with Gasteiger partial charge in [0.2, 0.25) is 5.75 Å². The Bertz CT molecular complexity index is 940. The van der Waals surface area contributed by atoms with E-state index in [1.165, 1.54) is 26.2 Å². The highest BCUT2D eigenvalue weighted by atomic mass is 16.6. The van der Waals surface area contributed by atoms with E-state index >= 15 is 0 Å². The number of carbonyl (C=O) groups excluding carboxylic acids is 2. The van der Waals surface area contributed by atoms with Gasteiger partial charge < -0.3 is 14.8 Å². The van der Waals surface area contributed by atoms with Gasteiger partial charge in [-0.15, -0.1) is 0 Å². The molecule has 0 aliphatic heterocycles. The zero-order chi connectivity index (χ0) is 21.4. The summed E-state index contributed by atoms with van der Waals surface area (Å²) in [6.07, 6.45) is 1.11. The van der Waals surface area contributed by atoms with Crippen molar-refractivity contribution in [3.05, 3.63) is 57.6 Å². The van der Waals surface area contributed by atoms with Crippen molar-refractivity contribution in [1.29, 1.82) is 0 Å². The lowest BCUT2D eigenvalue weighted by Crippen LogP contribution is -2.25. The SMILES string of the molecule is COc1c(OC(C)=O)ccc(C=NNC(=O)CNc2ccc(C)cc2)c1[N+](=O)[O-]. The smallest absolute Gasteiger partial charge is 0.323 e. The minimum atomic E-state index is -0.687. The number of esters is 1. The number of hydrazone groups is 1. The normalized spacial score (nSPS) is 10.4. The van der Waals surface area contributed by atoms with Crippen LogP contribution < -0.4 is 20.2 Å². The Kier molecular flexibility index (Phi) is 7.24. The molecule has 10 nitrogen and oxygen atoms in total. The van der Waals surface area contributed by atoms with Crippen molar-refractivity contribution in [2.45, 2.75) is 13.8 Å². The maximum absolute atomic E-state index is 11.9. The van der Waals surface area contributed by atoms with E-state index < -0.39 is 22.5 Å². The number of benzene rings is 2. The Hall–Kier alpha value is -3.95. The third-order valence-electron chi connectivity index (χ3n) is 3.66. The van der Waals surface area contributed by atoms with Crippen molar-refractivity contribution in [3.63, 3.8) is 0 Å². The highest BCUT2D eigenvalue weighted by molar-refractivity contribution is 5.90. The maximum Gasteiger partial charge on any atom is 0.323 e. The molecule has 2 rings (SSSR count). The topological polar surface area (TPSA) is 132 Å². The van der Waals surface area contributed by atoms with Crippen LogP contribution in [0.3, 0.4) is 0 Å². The molecule has 0 aromatic heterocycles. The average Bonchev–Trinajstić information content (AvgIpc) is 2.67. The summed E-state index contributed by atoms with van der Waals surface area (Å²) in [6, 6.07) is 10.2. The van der Waals surface area contributed by atoms with Gasteiger partial charge in [0.25, 0.3) is 5.91 Å². The maximum atomic E-state index is 11.9. The Morgan fingerprint density at radius 1 is 1.21 bits per heavy atom. The first-order valence-corrected chi connectivity index (χ1v) is 8.48. The number of hydrogen-bond acceptors (Lipinski definition) is 8. The number of nitro benzene ring substituents is 1. The number of nitrogens with one attached hydrogen (secondary N) is 2. The summed E-state index contributed by atoms with van der Waals surface area (Å²) >= 11 is 0. The largest absolute Gasteiger partial charge is 0.488 e. The van der Waals surface area contributed by atoms with Crippen LogP contribution in [-0.2, 0) is 9.59 Å². The molecule has 2 aromatic carbocycles. The van der Waals surface area contributed by atoms with Crippen molar-refractivity contribution in [2.24, 2.45) is 5.10 Å². The minimum Gasteiger partial charge on any atom is -0.488 e. The van der Waals surface area contributed by atoms with E-state index in [2.05, 4.69) is 15.8 Å². The number of aryl methyl sites for hydroxylation is 1. The van der Waals surface area contributed by atoms with Crippen LogP contribution in [0.5, 0.6) is 11.5 Å². The number of ether oxygens (including phenoxy) is 2. The highest BCUT2D eigenvalue weighted by Crippen LogP contribution is 2.39. The van der Waals surface area contributed by atoms with Crippen molar-refractivity contribution in [2.75, 3.05) is 19.0 Å². The quantitative estimate of drug-likeness (QED) is 0.229. The second kappa shape index (κ2) is 9.83. The van der Waals surface area contributed by atoms with Crippen molar-refractivity contribution in [3.8, 4) is 11.5 Å².